The molecule has 2 aromatic rings. The second-order valence-electron chi connectivity index (χ2n) is 10.9. The summed E-state index contributed by atoms with van der Waals surface area (Å²) in [7, 11) is 1.89. The fourth-order valence-electron chi connectivity index (χ4n) is 5.54. The molecule has 3 heterocycles. The highest BCUT2D eigenvalue weighted by Crippen LogP contribution is 2.47. The van der Waals surface area contributed by atoms with Crippen molar-refractivity contribution in [2.45, 2.75) is 68.6 Å². The Kier molecular flexibility index (Phi) is 7.00. The van der Waals surface area contributed by atoms with Crippen LogP contribution < -0.4 is 4.72 Å². The van der Waals surface area contributed by atoms with E-state index < -0.39 is 11.4 Å². The second kappa shape index (κ2) is 9.91. The number of piperidine rings is 1. The van der Waals surface area contributed by atoms with E-state index in [1.165, 1.54) is 24.6 Å². The van der Waals surface area contributed by atoms with Crippen molar-refractivity contribution in [2.24, 2.45) is 10.4 Å². The lowest BCUT2D eigenvalue weighted by molar-refractivity contribution is 0.122. The zero-order valence-electron chi connectivity index (χ0n) is 21.3. The molecule has 1 aromatic carbocycles. The molecule has 1 unspecified atom stereocenters. The highest BCUT2D eigenvalue weighted by molar-refractivity contribution is 8.03. The molecule has 10 heteroatoms. The summed E-state index contributed by atoms with van der Waals surface area (Å²) in [6, 6.07) is 6.26. The predicted molar refractivity (Wildman–Crippen MR) is 146 cm³/mol. The van der Waals surface area contributed by atoms with Crippen molar-refractivity contribution in [1.82, 2.24) is 24.7 Å². The molecule has 0 radical (unpaired) electrons. The van der Waals surface area contributed by atoms with Crippen LogP contribution in [0.1, 0.15) is 52.9 Å². The molecule has 192 valence electrons. The SMILES string of the molecule is CN1C(=C=O)C(Sc2cccc3[nH]ncc23)=CN=C1N1CCC2(CCC[C@H]2N[S+]([O-])C(C)(C)C)CC1. The van der Waals surface area contributed by atoms with E-state index >= 15 is 0 Å². The van der Waals surface area contributed by atoms with Crippen LogP contribution in [0.2, 0.25) is 0 Å². The topological polar surface area (TPSA) is 99.7 Å². The number of thioether (sulfide) groups is 1. The number of H-pyrrole nitrogens is 1. The second-order valence-corrected chi connectivity index (χ2v) is 14.0. The minimum Gasteiger partial charge on any atom is -0.598 e. The van der Waals surface area contributed by atoms with Gasteiger partial charge in [0.2, 0.25) is 5.96 Å². The monoisotopic (exact) mass is 526 g/mol. The largest absolute Gasteiger partial charge is 0.598 e. The molecular weight excluding hydrogens is 492 g/mol. The minimum absolute atomic E-state index is 0.175. The maximum Gasteiger partial charge on any atom is 0.206 e. The van der Waals surface area contributed by atoms with Gasteiger partial charge in [-0.15, -0.1) is 4.72 Å². The third kappa shape index (κ3) is 4.73. The number of aromatic nitrogens is 2. The molecule has 1 saturated heterocycles. The molecule has 1 aromatic heterocycles. The molecule has 1 spiro atoms. The summed E-state index contributed by atoms with van der Waals surface area (Å²) < 4.78 is 16.0. The highest BCUT2D eigenvalue weighted by Gasteiger charge is 2.48. The number of carbonyl (C=O) groups excluding carboxylic acids is 1. The maximum atomic E-state index is 12.8. The number of rotatable bonds is 4. The Bertz CT molecular complexity index is 1230. The molecule has 0 bridgehead atoms. The van der Waals surface area contributed by atoms with E-state index in [-0.39, 0.29) is 16.2 Å². The summed E-state index contributed by atoms with van der Waals surface area (Å²) in [6.07, 6.45) is 9.05. The standard InChI is InChI=1S/C26H34N6O2S2/c1-25(2,3)36(34)30-23-9-6-10-26(23)11-13-32(14-12-26)24-27-16-22(20(17-33)31(24)4)35-21-8-5-7-19-18(21)15-28-29-19/h5,7-8,15-16,23,30H,6,9-14H2,1-4H3,(H,28,29)/t23-,36?/m1/s1. The normalized spacial score (nSPS) is 23.1. The molecule has 1 aliphatic carbocycles. The number of aliphatic imine (C=N–C) groups is 1. The highest BCUT2D eigenvalue weighted by atomic mass is 32.2. The Morgan fingerprint density at radius 1 is 1.28 bits per heavy atom. The molecule has 2 atom stereocenters. The number of nitrogens with zero attached hydrogens (tertiary/aromatic N) is 4. The van der Waals surface area contributed by atoms with Crippen LogP contribution in [0.4, 0.5) is 0 Å². The quantitative estimate of drug-likeness (QED) is 0.455. The lowest BCUT2D eigenvalue weighted by Gasteiger charge is -2.45. The Morgan fingerprint density at radius 2 is 2.06 bits per heavy atom. The smallest absolute Gasteiger partial charge is 0.206 e. The van der Waals surface area contributed by atoms with Gasteiger partial charge < -0.3 is 14.4 Å². The Balaban J connectivity index is 1.31. The van der Waals surface area contributed by atoms with Gasteiger partial charge in [0, 0.05) is 48.0 Å². The van der Waals surface area contributed by atoms with Crippen molar-refractivity contribution in [3.63, 3.8) is 0 Å². The third-order valence-corrected chi connectivity index (χ3v) is 10.4. The van der Waals surface area contributed by atoms with Gasteiger partial charge in [0.05, 0.1) is 22.7 Å². The molecule has 2 N–H and O–H groups in total. The first-order valence-electron chi connectivity index (χ1n) is 12.5. The fourth-order valence-corrected chi connectivity index (χ4v) is 7.56. The first-order valence-corrected chi connectivity index (χ1v) is 14.5. The average Bonchev–Trinajstić information content (AvgIpc) is 3.48. The lowest BCUT2D eigenvalue weighted by Crippen LogP contribution is -2.55. The molecule has 2 fully saturated rings. The van der Waals surface area contributed by atoms with Crippen LogP contribution in [-0.2, 0) is 16.2 Å². The van der Waals surface area contributed by atoms with Crippen LogP contribution >= 0.6 is 11.8 Å². The molecule has 36 heavy (non-hydrogen) atoms. The van der Waals surface area contributed by atoms with Gasteiger partial charge in [-0.25, -0.2) is 9.79 Å². The number of benzene rings is 1. The van der Waals surface area contributed by atoms with Crippen molar-refractivity contribution < 1.29 is 9.35 Å². The first kappa shape index (κ1) is 25.4. The summed E-state index contributed by atoms with van der Waals surface area (Å²) in [4.78, 5) is 22.8. The molecule has 2 aliphatic heterocycles. The number of guanidine groups is 1. The van der Waals surface area contributed by atoms with E-state index in [2.05, 4.69) is 25.8 Å². The zero-order valence-corrected chi connectivity index (χ0v) is 23.0. The van der Waals surface area contributed by atoms with Gasteiger partial charge in [-0.1, -0.05) is 24.2 Å². The van der Waals surface area contributed by atoms with Gasteiger partial charge in [-0.2, -0.15) is 5.10 Å². The first-order chi connectivity index (χ1) is 17.2. The van der Waals surface area contributed by atoms with Crippen molar-refractivity contribution in [3.8, 4) is 0 Å². The Labute approximate surface area is 220 Å². The number of likely N-dealkylation sites (tertiary alicyclic amines) is 1. The predicted octanol–water partition coefficient (Wildman–Crippen LogP) is 4.20. The van der Waals surface area contributed by atoms with Gasteiger partial charge in [0.1, 0.15) is 10.4 Å². The molecule has 8 nitrogen and oxygen atoms in total. The van der Waals surface area contributed by atoms with Gasteiger partial charge in [0.25, 0.3) is 0 Å². The van der Waals surface area contributed by atoms with Gasteiger partial charge in [-0.3, -0.25) is 5.10 Å². The lowest BCUT2D eigenvalue weighted by atomic mass is 9.74. The van der Waals surface area contributed by atoms with E-state index in [1.807, 2.05) is 50.9 Å². The number of aromatic amines is 1. The van der Waals surface area contributed by atoms with Crippen LogP contribution in [0.15, 0.2) is 51.1 Å². The number of fused-ring (bicyclic) bond motifs is 1. The van der Waals surface area contributed by atoms with Crippen LogP contribution in [-0.4, -0.2) is 67.4 Å². The van der Waals surface area contributed by atoms with Crippen LogP contribution in [0.3, 0.4) is 0 Å². The van der Waals surface area contributed by atoms with Gasteiger partial charge >= 0.3 is 0 Å². The summed E-state index contributed by atoms with van der Waals surface area (Å²) in [6.45, 7) is 7.78. The van der Waals surface area contributed by atoms with E-state index in [1.54, 1.807) is 12.4 Å². The summed E-state index contributed by atoms with van der Waals surface area (Å²) >= 11 is 0.439. The van der Waals surface area contributed by atoms with E-state index in [0.717, 1.165) is 59.0 Å². The fraction of sp³-hybridized carbons (Fsp3) is 0.538. The van der Waals surface area contributed by atoms with Crippen molar-refractivity contribution in [3.05, 3.63) is 41.2 Å². The molecule has 5 rings (SSSR count). The summed E-state index contributed by atoms with van der Waals surface area (Å²) in [5, 5.41) is 8.14. The van der Waals surface area contributed by atoms with Crippen molar-refractivity contribution >= 4 is 45.9 Å². The average molecular weight is 527 g/mol. The number of likely N-dealkylation sites (N-methyl/N-ethyl adjacent to an activating group) is 1. The van der Waals surface area contributed by atoms with Gasteiger partial charge in [0.15, 0.2) is 5.94 Å². The summed E-state index contributed by atoms with van der Waals surface area (Å²) in [5.41, 5.74) is 1.62. The Morgan fingerprint density at radius 3 is 2.78 bits per heavy atom. The summed E-state index contributed by atoms with van der Waals surface area (Å²) in [5.74, 6) is 2.94. The number of nitrogens with one attached hydrogen (secondary N) is 2. The van der Waals surface area contributed by atoms with Crippen LogP contribution in [0, 0.1) is 5.41 Å². The minimum atomic E-state index is -1.06. The zero-order chi connectivity index (χ0) is 25.5. The maximum absolute atomic E-state index is 12.8. The van der Waals surface area contributed by atoms with E-state index in [0.29, 0.717) is 5.70 Å². The number of hydrogen-bond acceptors (Lipinski definition) is 8. The molecule has 3 aliphatic rings. The van der Waals surface area contributed by atoms with E-state index in [4.69, 9.17) is 4.99 Å². The van der Waals surface area contributed by atoms with Crippen molar-refractivity contribution in [1.29, 1.82) is 0 Å². The molecular formula is C26H34N6O2S2. The Hall–Kier alpha value is -2.23. The van der Waals surface area contributed by atoms with Crippen molar-refractivity contribution in [2.75, 3.05) is 20.1 Å². The third-order valence-electron chi connectivity index (χ3n) is 7.68. The van der Waals surface area contributed by atoms with Crippen LogP contribution in [0.25, 0.3) is 10.9 Å². The van der Waals surface area contributed by atoms with E-state index in [9.17, 15) is 9.35 Å². The van der Waals surface area contributed by atoms with Crippen LogP contribution in [0.5, 0.6) is 0 Å². The molecule has 1 saturated carbocycles. The molecule has 0 amide bonds. The van der Waals surface area contributed by atoms with Gasteiger partial charge in [-0.05, 0) is 64.0 Å². The number of hydrogen-bond donors (Lipinski definition) is 2.